The average Bonchev–Trinajstić information content (AvgIpc) is 2.36. The van der Waals surface area contributed by atoms with E-state index in [2.05, 4.69) is 12.2 Å². The SMILES string of the molecule is CCCCNCCO.O=S(=O)(O)c1ccccc1. The zero-order valence-electron chi connectivity index (χ0n) is 10.5. The van der Waals surface area contributed by atoms with E-state index in [0.29, 0.717) is 0 Å². The molecule has 0 unspecified atom stereocenters. The van der Waals surface area contributed by atoms with Gasteiger partial charge in [-0.15, -0.1) is 0 Å². The van der Waals surface area contributed by atoms with Gasteiger partial charge in [-0.05, 0) is 25.1 Å². The van der Waals surface area contributed by atoms with Gasteiger partial charge in [-0.3, -0.25) is 4.55 Å². The highest BCUT2D eigenvalue weighted by atomic mass is 32.2. The fourth-order valence-corrected chi connectivity index (χ4v) is 1.60. The standard InChI is InChI=1S/C6H15NO.C6H6O3S/c1-2-3-4-7-5-6-8;7-10(8,9)6-4-2-1-3-5-6/h7-8H,2-6H2,1H3;1-5H,(H,7,8,9). The number of unbranched alkanes of at least 4 members (excludes halogenated alkanes) is 1. The van der Waals surface area contributed by atoms with Crippen LogP contribution in [0.3, 0.4) is 0 Å². The molecule has 0 aliphatic rings. The van der Waals surface area contributed by atoms with Crippen molar-refractivity contribution in [3.8, 4) is 0 Å². The molecule has 0 radical (unpaired) electrons. The number of benzene rings is 1. The van der Waals surface area contributed by atoms with Crippen LogP contribution < -0.4 is 5.32 Å². The van der Waals surface area contributed by atoms with Crippen LogP contribution in [0.25, 0.3) is 0 Å². The van der Waals surface area contributed by atoms with E-state index in [1.165, 1.54) is 25.0 Å². The van der Waals surface area contributed by atoms with Gasteiger partial charge < -0.3 is 10.4 Å². The molecule has 1 aromatic carbocycles. The van der Waals surface area contributed by atoms with E-state index in [1.807, 2.05) is 0 Å². The molecule has 3 N–H and O–H groups in total. The average molecular weight is 275 g/mol. The lowest BCUT2D eigenvalue weighted by molar-refractivity contribution is 0.292. The molecule has 0 bridgehead atoms. The highest BCUT2D eigenvalue weighted by Gasteiger charge is 2.05. The summed E-state index contributed by atoms with van der Waals surface area (Å²) in [6.07, 6.45) is 2.43. The lowest BCUT2D eigenvalue weighted by Crippen LogP contribution is -2.18. The third-order valence-corrected chi connectivity index (χ3v) is 2.90. The minimum absolute atomic E-state index is 0.0741. The van der Waals surface area contributed by atoms with Crippen LogP contribution >= 0.6 is 0 Å². The Bertz CT molecular complexity index is 386. The van der Waals surface area contributed by atoms with Crippen LogP contribution in [0.4, 0.5) is 0 Å². The summed E-state index contributed by atoms with van der Waals surface area (Å²) >= 11 is 0. The predicted molar refractivity (Wildman–Crippen MR) is 71.1 cm³/mol. The third-order valence-electron chi connectivity index (χ3n) is 2.04. The van der Waals surface area contributed by atoms with Gasteiger partial charge in [0.15, 0.2) is 0 Å². The van der Waals surface area contributed by atoms with Crippen LogP contribution in [-0.4, -0.2) is 37.8 Å². The molecule has 6 heteroatoms. The van der Waals surface area contributed by atoms with Gasteiger partial charge in [-0.2, -0.15) is 8.42 Å². The van der Waals surface area contributed by atoms with Gasteiger partial charge in [0.2, 0.25) is 0 Å². The molecule has 0 aromatic heterocycles. The van der Waals surface area contributed by atoms with Crippen LogP contribution in [0, 0.1) is 0 Å². The Balaban J connectivity index is 0.000000331. The van der Waals surface area contributed by atoms with Crippen molar-refractivity contribution in [3.05, 3.63) is 30.3 Å². The molecule has 0 aliphatic carbocycles. The Morgan fingerprint density at radius 2 is 1.78 bits per heavy atom. The van der Waals surface area contributed by atoms with E-state index < -0.39 is 10.1 Å². The lowest BCUT2D eigenvalue weighted by atomic mass is 10.3. The lowest BCUT2D eigenvalue weighted by Gasteiger charge is -1.97. The predicted octanol–water partition coefficient (Wildman–Crippen LogP) is 1.30. The van der Waals surface area contributed by atoms with Gasteiger partial charge >= 0.3 is 0 Å². The number of aliphatic hydroxyl groups is 1. The fourth-order valence-electron chi connectivity index (χ4n) is 1.10. The number of aliphatic hydroxyl groups excluding tert-OH is 1. The second-order valence-corrected chi connectivity index (χ2v) is 5.04. The molecular formula is C12H21NO4S. The highest BCUT2D eigenvalue weighted by molar-refractivity contribution is 7.85. The molecular weight excluding hydrogens is 254 g/mol. The second-order valence-electron chi connectivity index (χ2n) is 3.62. The van der Waals surface area contributed by atoms with Crippen molar-refractivity contribution in [1.82, 2.24) is 5.32 Å². The van der Waals surface area contributed by atoms with E-state index in [1.54, 1.807) is 18.2 Å². The summed E-state index contributed by atoms with van der Waals surface area (Å²) in [6.45, 7) is 4.18. The smallest absolute Gasteiger partial charge is 0.294 e. The molecule has 0 spiro atoms. The maximum absolute atomic E-state index is 10.4. The van der Waals surface area contributed by atoms with E-state index in [9.17, 15) is 8.42 Å². The first kappa shape index (κ1) is 17.1. The largest absolute Gasteiger partial charge is 0.395 e. The molecule has 0 fully saturated rings. The summed E-state index contributed by atoms with van der Waals surface area (Å²) < 4.78 is 29.2. The summed E-state index contributed by atoms with van der Waals surface area (Å²) in [7, 11) is -4.00. The summed E-state index contributed by atoms with van der Waals surface area (Å²) in [6, 6.07) is 7.42. The van der Waals surface area contributed by atoms with Crippen LogP contribution in [0.2, 0.25) is 0 Å². The Morgan fingerprint density at radius 1 is 1.17 bits per heavy atom. The van der Waals surface area contributed by atoms with E-state index >= 15 is 0 Å². The van der Waals surface area contributed by atoms with E-state index in [0.717, 1.165) is 13.1 Å². The summed E-state index contributed by atoms with van der Waals surface area (Å²) in [5.41, 5.74) is 0. The maximum Gasteiger partial charge on any atom is 0.294 e. The Kier molecular flexibility index (Phi) is 9.49. The van der Waals surface area contributed by atoms with Crippen molar-refractivity contribution < 1.29 is 18.1 Å². The Morgan fingerprint density at radius 3 is 2.17 bits per heavy atom. The fraction of sp³-hybridized carbons (Fsp3) is 0.500. The third kappa shape index (κ3) is 9.12. The molecule has 0 heterocycles. The van der Waals surface area contributed by atoms with Crippen molar-refractivity contribution in [2.24, 2.45) is 0 Å². The zero-order valence-corrected chi connectivity index (χ0v) is 11.4. The maximum atomic E-state index is 10.4. The van der Waals surface area contributed by atoms with Crippen molar-refractivity contribution in [2.75, 3.05) is 19.7 Å². The Hall–Kier alpha value is -0.950. The monoisotopic (exact) mass is 275 g/mol. The molecule has 104 valence electrons. The van der Waals surface area contributed by atoms with Crippen molar-refractivity contribution in [3.63, 3.8) is 0 Å². The number of hydrogen-bond donors (Lipinski definition) is 3. The van der Waals surface area contributed by atoms with Crippen molar-refractivity contribution in [2.45, 2.75) is 24.7 Å². The minimum Gasteiger partial charge on any atom is -0.395 e. The second kappa shape index (κ2) is 10.0. The molecule has 0 saturated carbocycles. The zero-order chi connectivity index (χ0) is 13.9. The Labute approximate surface area is 109 Å². The van der Waals surface area contributed by atoms with Crippen LogP contribution in [-0.2, 0) is 10.1 Å². The van der Waals surface area contributed by atoms with Crippen molar-refractivity contribution in [1.29, 1.82) is 0 Å². The topological polar surface area (TPSA) is 86.6 Å². The van der Waals surface area contributed by atoms with E-state index in [-0.39, 0.29) is 11.5 Å². The first-order valence-corrected chi connectivity index (χ1v) is 7.30. The summed E-state index contributed by atoms with van der Waals surface area (Å²) in [5, 5.41) is 11.4. The highest BCUT2D eigenvalue weighted by Crippen LogP contribution is 2.05. The molecule has 0 saturated heterocycles. The van der Waals surface area contributed by atoms with Crippen molar-refractivity contribution >= 4 is 10.1 Å². The molecule has 1 rings (SSSR count). The normalized spacial score (nSPS) is 10.6. The molecule has 5 nitrogen and oxygen atoms in total. The van der Waals surface area contributed by atoms with Gasteiger partial charge in [0.1, 0.15) is 0 Å². The first-order chi connectivity index (χ1) is 8.52. The first-order valence-electron chi connectivity index (χ1n) is 5.86. The minimum atomic E-state index is -4.00. The number of rotatable bonds is 6. The van der Waals surface area contributed by atoms with Gasteiger partial charge in [0.05, 0.1) is 11.5 Å². The summed E-state index contributed by atoms with van der Waals surface area (Å²) in [4.78, 5) is -0.0741. The molecule has 0 atom stereocenters. The van der Waals surface area contributed by atoms with E-state index in [4.69, 9.17) is 9.66 Å². The van der Waals surface area contributed by atoms with Gasteiger partial charge in [0.25, 0.3) is 10.1 Å². The van der Waals surface area contributed by atoms with Crippen LogP contribution in [0.15, 0.2) is 35.2 Å². The quantitative estimate of drug-likeness (QED) is 0.538. The molecule has 0 amide bonds. The number of nitrogens with one attached hydrogen (secondary N) is 1. The number of hydrogen-bond acceptors (Lipinski definition) is 4. The van der Waals surface area contributed by atoms with Crippen LogP contribution in [0.5, 0.6) is 0 Å². The molecule has 18 heavy (non-hydrogen) atoms. The van der Waals surface area contributed by atoms with Crippen LogP contribution in [0.1, 0.15) is 19.8 Å². The van der Waals surface area contributed by atoms with Gasteiger partial charge in [0, 0.05) is 6.54 Å². The molecule has 1 aromatic rings. The van der Waals surface area contributed by atoms with Gasteiger partial charge in [-0.25, -0.2) is 0 Å². The molecule has 0 aliphatic heterocycles. The summed E-state index contributed by atoms with van der Waals surface area (Å²) in [5.74, 6) is 0. The van der Waals surface area contributed by atoms with Gasteiger partial charge in [-0.1, -0.05) is 31.5 Å².